The van der Waals surface area contributed by atoms with Crippen LogP contribution in [0.4, 0.5) is 0 Å². The summed E-state index contributed by atoms with van der Waals surface area (Å²) in [5, 5.41) is 9.57. The number of aldehydes is 1. The van der Waals surface area contributed by atoms with Crippen molar-refractivity contribution < 1.29 is 33.7 Å². The Kier molecular flexibility index (Phi) is 6.87. The monoisotopic (exact) mass is 376 g/mol. The van der Waals surface area contributed by atoms with Crippen LogP contribution in [0.1, 0.15) is 19.8 Å². The van der Waals surface area contributed by atoms with Gasteiger partial charge in [0.15, 0.2) is 6.10 Å². The molecule has 1 heterocycles. The summed E-state index contributed by atoms with van der Waals surface area (Å²) in [5.41, 5.74) is 1.20. The molecule has 0 aromatic heterocycles. The first-order valence-corrected chi connectivity index (χ1v) is 8.58. The molecule has 0 aromatic rings. The van der Waals surface area contributed by atoms with Crippen LogP contribution in [-0.2, 0) is 28.6 Å². The number of hydrogen-bond donors (Lipinski definition) is 1. The maximum absolute atomic E-state index is 12.1. The summed E-state index contributed by atoms with van der Waals surface area (Å²) < 4.78 is 16.4. The van der Waals surface area contributed by atoms with Gasteiger partial charge < -0.3 is 19.3 Å². The smallest absolute Gasteiger partial charge is 0.334 e. The molecule has 0 amide bonds. The highest BCUT2D eigenvalue weighted by atomic mass is 16.6. The zero-order valence-corrected chi connectivity index (χ0v) is 15.5. The number of esters is 2. The normalized spacial score (nSPS) is 32.3. The van der Waals surface area contributed by atoms with Crippen LogP contribution in [0, 0.1) is 5.92 Å². The second-order valence-corrected chi connectivity index (χ2v) is 6.57. The van der Waals surface area contributed by atoms with Crippen molar-refractivity contribution in [3.63, 3.8) is 0 Å². The lowest BCUT2D eigenvalue weighted by atomic mass is 9.83. The molecule has 4 atom stereocenters. The summed E-state index contributed by atoms with van der Waals surface area (Å²) in [6, 6.07) is 0. The quantitative estimate of drug-likeness (QED) is 0.335. The second-order valence-electron chi connectivity index (χ2n) is 6.57. The highest BCUT2D eigenvalue weighted by molar-refractivity contribution is 5.91. The first-order chi connectivity index (χ1) is 12.8. The van der Waals surface area contributed by atoms with Crippen molar-refractivity contribution in [3.05, 3.63) is 47.6 Å². The van der Waals surface area contributed by atoms with Gasteiger partial charge in [0.1, 0.15) is 18.5 Å². The van der Waals surface area contributed by atoms with Crippen LogP contribution in [-0.4, -0.2) is 55.4 Å². The summed E-state index contributed by atoms with van der Waals surface area (Å²) in [4.78, 5) is 36.0. The van der Waals surface area contributed by atoms with Crippen LogP contribution >= 0.6 is 0 Å². The molecule has 2 rings (SSSR count). The molecule has 1 aliphatic heterocycles. The van der Waals surface area contributed by atoms with Gasteiger partial charge in [-0.15, -0.1) is 0 Å². The molecule has 1 N–H and O–H groups in total. The molecular formula is C20H24O7. The fraction of sp³-hybridized carbons (Fsp3) is 0.450. The molecule has 1 aliphatic carbocycles. The Labute approximate surface area is 158 Å². The largest absolute Gasteiger partial charge is 0.454 e. The van der Waals surface area contributed by atoms with Crippen LogP contribution in [0.15, 0.2) is 47.6 Å². The van der Waals surface area contributed by atoms with Gasteiger partial charge in [0, 0.05) is 23.8 Å². The zero-order valence-electron chi connectivity index (χ0n) is 15.5. The third-order valence-electron chi connectivity index (χ3n) is 4.68. The predicted molar refractivity (Wildman–Crippen MR) is 96.6 cm³/mol. The average molecular weight is 376 g/mol. The Balaban J connectivity index is 2.55. The SMILES string of the molecule is C=C(C)C(=O)O[C@H]1/C(C=O)=C\CC/C(CO)=C/[C@H]2OC(=O)C(=C)[C@@H]2[C@@H]1OC. The van der Waals surface area contributed by atoms with E-state index in [0.717, 1.165) is 0 Å². The number of carbonyl (C=O) groups is 3. The third kappa shape index (κ3) is 4.43. The lowest BCUT2D eigenvalue weighted by Crippen LogP contribution is -2.43. The number of hydrogen-bond acceptors (Lipinski definition) is 7. The lowest BCUT2D eigenvalue weighted by molar-refractivity contribution is -0.152. The van der Waals surface area contributed by atoms with Crippen LogP contribution in [0.2, 0.25) is 0 Å². The summed E-state index contributed by atoms with van der Waals surface area (Å²) in [5.74, 6) is -1.96. The van der Waals surface area contributed by atoms with Gasteiger partial charge in [-0.3, -0.25) is 4.79 Å². The van der Waals surface area contributed by atoms with Gasteiger partial charge in [-0.1, -0.05) is 19.2 Å². The second kappa shape index (κ2) is 8.92. The van der Waals surface area contributed by atoms with Crippen LogP contribution in [0.25, 0.3) is 0 Å². The van der Waals surface area contributed by atoms with Crippen molar-refractivity contribution in [1.29, 1.82) is 0 Å². The molecule has 0 unspecified atom stereocenters. The van der Waals surface area contributed by atoms with Crippen molar-refractivity contribution in [2.75, 3.05) is 13.7 Å². The van der Waals surface area contributed by atoms with Gasteiger partial charge in [-0.25, -0.2) is 9.59 Å². The Morgan fingerprint density at radius 1 is 1.48 bits per heavy atom. The number of carbonyl (C=O) groups excluding carboxylic acids is 3. The molecule has 1 saturated heterocycles. The van der Waals surface area contributed by atoms with E-state index in [-0.39, 0.29) is 23.3 Å². The fourth-order valence-electron chi connectivity index (χ4n) is 3.23. The third-order valence-corrected chi connectivity index (χ3v) is 4.68. The van der Waals surface area contributed by atoms with Gasteiger partial charge in [-0.05, 0) is 31.4 Å². The van der Waals surface area contributed by atoms with E-state index in [1.807, 2.05) is 0 Å². The van der Waals surface area contributed by atoms with Gasteiger partial charge in [0.2, 0.25) is 0 Å². The molecule has 0 saturated carbocycles. The van der Waals surface area contributed by atoms with Gasteiger partial charge >= 0.3 is 11.9 Å². The highest BCUT2D eigenvalue weighted by Gasteiger charge is 2.47. The molecule has 1 fully saturated rings. The van der Waals surface area contributed by atoms with E-state index in [9.17, 15) is 19.5 Å². The number of aliphatic hydroxyl groups excluding tert-OH is 1. The minimum atomic E-state index is -1.06. The molecule has 7 heteroatoms. The minimum Gasteiger partial charge on any atom is -0.454 e. The zero-order chi connectivity index (χ0) is 20.1. The van der Waals surface area contributed by atoms with Crippen LogP contribution < -0.4 is 0 Å². The van der Waals surface area contributed by atoms with Crippen molar-refractivity contribution in [2.24, 2.45) is 5.92 Å². The van der Waals surface area contributed by atoms with E-state index in [0.29, 0.717) is 24.7 Å². The van der Waals surface area contributed by atoms with Gasteiger partial charge in [-0.2, -0.15) is 0 Å². The lowest BCUT2D eigenvalue weighted by Gasteiger charge is -2.32. The standard InChI is InChI=1S/C20H24O7/c1-11(2)19(23)27-17-14(10-22)7-5-6-13(9-21)8-15-16(18(17)25-4)12(3)20(24)26-15/h7-8,10,15-18,21H,1,3,5-6,9H2,2,4H3/b13-8-,14-7-/t15-,16+,17+,18+/m1/s1. The molecular weight excluding hydrogens is 352 g/mol. The number of rotatable bonds is 5. The van der Waals surface area contributed by atoms with Gasteiger partial charge in [0.05, 0.1) is 12.5 Å². The molecule has 2 aliphatic rings. The van der Waals surface area contributed by atoms with Crippen LogP contribution in [0.3, 0.4) is 0 Å². The maximum Gasteiger partial charge on any atom is 0.334 e. The molecule has 146 valence electrons. The predicted octanol–water partition coefficient (Wildman–Crippen LogP) is 1.42. The Morgan fingerprint density at radius 2 is 2.19 bits per heavy atom. The minimum absolute atomic E-state index is 0.155. The summed E-state index contributed by atoms with van der Waals surface area (Å²) in [6.07, 6.45) is 2.12. The van der Waals surface area contributed by atoms with Crippen molar-refractivity contribution >= 4 is 18.2 Å². The average Bonchev–Trinajstić information content (AvgIpc) is 2.91. The Morgan fingerprint density at radius 3 is 2.74 bits per heavy atom. The Hall–Kier alpha value is -2.51. The Bertz CT molecular complexity index is 716. The molecule has 0 radical (unpaired) electrons. The van der Waals surface area contributed by atoms with Crippen molar-refractivity contribution in [2.45, 2.75) is 38.1 Å². The molecule has 27 heavy (non-hydrogen) atoms. The number of allylic oxidation sites excluding steroid dienone is 1. The maximum atomic E-state index is 12.1. The van der Waals surface area contributed by atoms with E-state index in [1.165, 1.54) is 14.0 Å². The molecule has 0 spiro atoms. The van der Waals surface area contributed by atoms with Crippen molar-refractivity contribution in [1.82, 2.24) is 0 Å². The summed E-state index contributed by atoms with van der Waals surface area (Å²) in [7, 11) is 1.39. The number of fused-ring (bicyclic) bond motifs is 1. The van der Waals surface area contributed by atoms with Crippen LogP contribution in [0.5, 0.6) is 0 Å². The molecule has 0 aromatic carbocycles. The van der Waals surface area contributed by atoms with E-state index in [4.69, 9.17) is 14.2 Å². The highest BCUT2D eigenvalue weighted by Crippen LogP contribution is 2.37. The number of methoxy groups -OCH3 is 1. The van der Waals surface area contributed by atoms with E-state index >= 15 is 0 Å². The first-order valence-electron chi connectivity index (χ1n) is 8.58. The summed E-state index contributed by atoms with van der Waals surface area (Å²) >= 11 is 0. The van der Waals surface area contributed by atoms with E-state index < -0.39 is 36.2 Å². The topological polar surface area (TPSA) is 99.1 Å². The van der Waals surface area contributed by atoms with E-state index in [2.05, 4.69) is 13.2 Å². The van der Waals surface area contributed by atoms with Crippen molar-refractivity contribution in [3.8, 4) is 0 Å². The summed E-state index contributed by atoms with van der Waals surface area (Å²) in [6.45, 7) is 8.63. The molecule has 0 bridgehead atoms. The van der Waals surface area contributed by atoms with E-state index in [1.54, 1.807) is 12.2 Å². The number of ether oxygens (including phenoxy) is 3. The number of aliphatic hydroxyl groups is 1. The fourth-order valence-corrected chi connectivity index (χ4v) is 3.23. The van der Waals surface area contributed by atoms with Gasteiger partial charge in [0.25, 0.3) is 0 Å². The first kappa shape index (κ1) is 20.8. The molecule has 7 nitrogen and oxygen atoms in total.